The van der Waals surface area contributed by atoms with Crippen molar-refractivity contribution in [1.82, 2.24) is 19.5 Å². The van der Waals surface area contributed by atoms with Gasteiger partial charge in [0.2, 0.25) is 0 Å². The molecular weight excluding hydrogens is 540 g/mol. The van der Waals surface area contributed by atoms with Crippen LogP contribution in [0.1, 0.15) is 11.0 Å². The zero-order valence-electron chi connectivity index (χ0n) is 30.9. The van der Waals surface area contributed by atoms with Gasteiger partial charge in [-0.15, -0.1) is 0 Å². The molecule has 0 fully saturated rings. The number of aromatic nitrogens is 4. The zero-order valence-corrected chi connectivity index (χ0v) is 22.9. The van der Waals surface area contributed by atoms with Crippen molar-refractivity contribution in [1.29, 1.82) is 0 Å². The molecule has 0 unspecified atom stereocenters. The highest BCUT2D eigenvalue weighted by Gasteiger charge is 2.16. The summed E-state index contributed by atoms with van der Waals surface area (Å²) < 4.78 is 76.4. The van der Waals surface area contributed by atoms with Crippen LogP contribution in [0.5, 0.6) is 0 Å². The molecule has 0 saturated heterocycles. The Hall–Kier alpha value is -6.07. The summed E-state index contributed by atoms with van der Waals surface area (Å²) in [7, 11) is 0. The lowest BCUT2D eigenvalue weighted by Gasteiger charge is -2.08. The number of hydrogen-bond acceptors (Lipinski definition) is 4. The summed E-state index contributed by atoms with van der Waals surface area (Å²) in [6, 6.07) is 26.9. The number of furan rings is 1. The van der Waals surface area contributed by atoms with Gasteiger partial charge in [-0.2, -0.15) is 0 Å². The molecule has 0 aliphatic heterocycles. The molecule has 0 radical (unpaired) electrons. The van der Waals surface area contributed by atoms with Gasteiger partial charge in [0, 0.05) is 43.9 Å². The highest BCUT2D eigenvalue weighted by Crippen LogP contribution is 2.36. The van der Waals surface area contributed by atoms with Crippen LogP contribution < -0.4 is 0 Å². The van der Waals surface area contributed by atoms with Crippen molar-refractivity contribution in [2.45, 2.75) is 0 Å². The molecule has 0 amide bonds. The van der Waals surface area contributed by atoms with Crippen molar-refractivity contribution in [3.8, 4) is 39.9 Å². The Morgan fingerprint density at radius 1 is 0.477 bits per heavy atom. The number of hydrogen-bond donors (Lipinski definition) is 0. The lowest BCUT2D eigenvalue weighted by atomic mass is 10.1. The Morgan fingerprint density at radius 2 is 1.05 bits per heavy atom. The third-order valence-corrected chi connectivity index (χ3v) is 7.70. The lowest BCUT2D eigenvalue weighted by molar-refractivity contribution is 0.669. The Labute approximate surface area is 263 Å². The summed E-state index contributed by atoms with van der Waals surface area (Å²) in [5, 5.41) is 1.50. The van der Waals surface area contributed by atoms with Gasteiger partial charge in [-0.25, -0.2) is 15.0 Å². The predicted octanol–water partition coefficient (Wildman–Crippen LogP) is 9.87. The van der Waals surface area contributed by atoms with E-state index in [9.17, 15) is 0 Å². The van der Waals surface area contributed by atoms with Gasteiger partial charge in [-0.1, -0.05) is 103 Å². The second-order valence-corrected chi connectivity index (χ2v) is 10.3. The second kappa shape index (κ2) is 9.75. The lowest BCUT2D eigenvalue weighted by Crippen LogP contribution is -2.00. The van der Waals surface area contributed by atoms with Gasteiger partial charge in [0.05, 0.1) is 22.0 Å². The van der Waals surface area contributed by atoms with Crippen LogP contribution in [0.2, 0.25) is 0 Å². The molecule has 0 aliphatic carbocycles. The summed E-state index contributed by atoms with van der Waals surface area (Å²) in [6.45, 7) is 0. The first-order valence-electron chi connectivity index (χ1n) is 18.0. The van der Waals surface area contributed by atoms with Crippen LogP contribution in [0.15, 0.2) is 150 Å². The Balaban J connectivity index is 1.26. The van der Waals surface area contributed by atoms with Crippen LogP contribution >= 0.6 is 0 Å². The summed E-state index contributed by atoms with van der Waals surface area (Å²) in [5.74, 6) is 1.52. The van der Waals surface area contributed by atoms with Crippen LogP contribution in [-0.2, 0) is 0 Å². The molecule has 0 atom stereocenters. The summed E-state index contributed by atoms with van der Waals surface area (Å²) in [4.78, 5) is 14.4. The van der Waals surface area contributed by atoms with E-state index in [4.69, 9.17) is 30.3 Å². The average Bonchev–Trinajstić information content (AvgIpc) is 3.74. The number of nitrogens with zero attached hydrogens (tertiary/aromatic N) is 4. The molecular formula is C39H24N4O. The molecule has 44 heavy (non-hydrogen) atoms. The molecule has 3 aromatic heterocycles. The standard InChI is InChI=1S/C39H24N4O/c1-3-11-25(12-4-1)37-40-38(26-13-5-2-6-14-26)42-39(41-37)27-19-21-31-32-24-28(20-22-35(32)44-36(31)23-27)43-33-17-9-7-15-29(33)30-16-8-10-18-34(30)43/h1-24H/i7D,8D,9D,10D,15D,16D,17D,18D. The minimum atomic E-state index is -0.485. The van der Waals surface area contributed by atoms with Gasteiger partial charge in [0.1, 0.15) is 11.2 Å². The third kappa shape index (κ3) is 3.91. The highest BCUT2D eigenvalue weighted by molar-refractivity contribution is 6.10. The molecule has 5 heteroatoms. The first-order valence-corrected chi connectivity index (χ1v) is 14.0. The minimum Gasteiger partial charge on any atom is -0.456 e. The van der Waals surface area contributed by atoms with Crippen molar-refractivity contribution in [2.24, 2.45) is 0 Å². The third-order valence-electron chi connectivity index (χ3n) is 7.70. The van der Waals surface area contributed by atoms with E-state index >= 15 is 0 Å². The van der Waals surface area contributed by atoms with E-state index in [-0.39, 0.29) is 46.0 Å². The van der Waals surface area contributed by atoms with Gasteiger partial charge < -0.3 is 8.98 Å². The fourth-order valence-electron chi connectivity index (χ4n) is 5.66. The maximum Gasteiger partial charge on any atom is 0.164 e. The van der Waals surface area contributed by atoms with Gasteiger partial charge in [0.25, 0.3) is 0 Å². The molecule has 0 saturated carbocycles. The summed E-state index contributed by atoms with van der Waals surface area (Å²) in [5.41, 5.74) is 4.05. The topological polar surface area (TPSA) is 56.7 Å². The van der Waals surface area contributed by atoms with E-state index in [1.165, 1.54) is 4.57 Å². The van der Waals surface area contributed by atoms with Gasteiger partial charge in [-0.05, 0) is 42.4 Å². The number of benzene rings is 6. The first kappa shape index (κ1) is 17.8. The normalized spacial score (nSPS) is 14.2. The van der Waals surface area contributed by atoms with Gasteiger partial charge in [0.15, 0.2) is 17.5 Å². The number of rotatable bonds is 4. The second-order valence-electron chi connectivity index (χ2n) is 10.3. The van der Waals surface area contributed by atoms with E-state index in [2.05, 4.69) is 0 Å². The van der Waals surface area contributed by atoms with E-state index in [0.29, 0.717) is 45.3 Å². The molecule has 6 aromatic carbocycles. The Kier molecular flexibility index (Phi) is 3.94. The fraction of sp³-hybridized carbons (Fsp3) is 0. The van der Waals surface area contributed by atoms with Crippen molar-refractivity contribution in [2.75, 3.05) is 0 Å². The van der Waals surface area contributed by atoms with Crippen LogP contribution in [-0.4, -0.2) is 19.5 Å². The van der Waals surface area contributed by atoms with Crippen molar-refractivity contribution in [3.63, 3.8) is 0 Å². The van der Waals surface area contributed by atoms with Crippen molar-refractivity contribution >= 4 is 43.7 Å². The monoisotopic (exact) mass is 572 g/mol. The fourth-order valence-corrected chi connectivity index (χ4v) is 5.66. The van der Waals surface area contributed by atoms with E-state index < -0.39 is 24.2 Å². The Bertz CT molecular complexity index is 2810. The summed E-state index contributed by atoms with van der Waals surface area (Å²) in [6.07, 6.45) is 0. The quantitative estimate of drug-likeness (QED) is 0.211. The zero-order chi connectivity index (χ0) is 36.0. The predicted molar refractivity (Wildman–Crippen MR) is 178 cm³/mol. The van der Waals surface area contributed by atoms with Crippen LogP contribution in [0.4, 0.5) is 0 Å². The maximum absolute atomic E-state index is 8.84. The molecule has 0 spiro atoms. The largest absolute Gasteiger partial charge is 0.456 e. The number of para-hydroxylation sites is 2. The van der Waals surface area contributed by atoms with Crippen LogP contribution in [0.25, 0.3) is 83.6 Å². The van der Waals surface area contributed by atoms with Gasteiger partial charge in [-0.3, -0.25) is 0 Å². The molecule has 3 heterocycles. The maximum atomic E-state index is 8.84. The highest BCUT2D eigenvalue weighted by atomic mass is 16.3. The Morgan fingerprint density at radius 3 is 1.66 bits per heavy atom. The van der Waals surface area contributed by atoms with Gasteiger partial charge >= 0.3 is 0 Å². The molecule has 9 aromatic rings. The minimum absolute atomic E-state index is 0.0249. The first-order chi connectivity index (χ1) is 25.1. The molecule has 0 bridgehead atoms. The molecule has 9 rings (SSSR count). The molecule has 206 valence electrons. The van der Waals surface area contributed by atoms with Crippen LogP contribution in [0.3, 0.4) is 0 Å². The molecule has 5 nitrogen and oxygen atoms in total. The smallest absolute Gasteiger partial charge is 0.164 e. The average molecular weight is 573 g/mol. The molecule has 0 aliphatic rings. The van der Waals surface area contributed by atoms with E-state index in [1.807, 2.05) is 78.9 Å². The number of fused-ring (bicyclic) bond motifs is 6. The van der Waals surface area contributed by atoms with E-state index in [0.717, 1.165) is 16.5 Å². The van der Waals surface area contributed by atoms with Crippen LogP contribution in [0, 0.1) is 0 Å². The SMILES string of the molecule is [2H]c1c([2H])c([2H])c2c(c1[2H])c1c([2H])c([2H])c([2H])c([2H])c1n2-c1ccc2oc3cc(-c4nc(-c5ccccc5)nc(-c5ccccc5)n4)ccc3c2c1. The molecule has 0 N–H and O–H groups in total. The van der Waals surface area contributed by atoms with Crippen molar-refractivity contribution in [3.05, 3.63) is 145 Å². The summed E-state index contributed by atoms with van der Waals surface area (Å²) >= 11 is 0. The van der Waals surface area contributed by atoms with Crippen molar-refractivity contribution < 1.29 is 15.4 Å². The van der Waals surface area contributed by atoms with E-state index in [1.54, 1.807) is 18.2 Å².